The van der Waals surface area contributed by atoms with Crippen LogP contribution < -0.4 is 0 Å². The molecule has 0 aliphatic rings. The molecule has 2 heteroatoms. The van der Waals surface area contributed by atoms with E-state index in [9.17, 15) is 5.11 Å². The van der Waals surface area contributed by atoms with E-state index >= 15 is 0 Å². The zero-order valence-corrected chi connectivity index (χ0v) is 13.0. The average Bonchev–Trinajstić information content (AvgIpc) is 2.10. The van der Waals surface area contributed by atoms with Crippen molar-refractivity contribution in [2.45, 2.75) is 61.0 Å². The minimum Gasteiger partial charge on any atom is -0.393 e. The third kappa shape index (κ3) is 8.62. The zero-order chi connectivity index (χ0) is 13.6. The highest BCUT2D eigenvalue weighted by Gasteiger charge is 2.22. The van der Waals surface area contributed by atoms with Gasteiger partial charge < -0.3 is 10.0 Å². The molecule has 0 aromatic carbocycles. The van der Waals surface area contributed by atoms with E-state index in [1.807, 2.05) is 0 Å². The molecule has 0 radical (unpaired) electrons. The van der Waals surface area contributed by atoms with E-state index in [4.69, 9.17) is 0 Å². The molecule has 0 rings (SSSR count). The van der Waals surface area contributed by atoms with Crippen LogP contribution in [0.3, 0.4) is 0 Å². The molecule has 0 amide bonds. The van der Waals surface area contributed by atoms with Crippen molar-refractivity contribution < 1.29 is 5.11 Å². The van der Waals surface area contributed by atoms with Gasteiger partial charge in [-0.25, -0.2) is 0 Å². The van der Waals surface area contributed by atoms with Crippen molar-refractivity contribution in [3.63, 3.8) is 0 Å². The Hall–Kier alpha value is -0.0800. The SMILES string of the molecule is CC(C)CN(CCC(O)C(C)(C)C)CC(C)C. The molecule has 0 heterocycles. The highest BCUT2D eigenvalue weighted by molar-refractivity contribution is 4.74. The van der Waals surface area contributed by atoms with Crippen LogP contribution in [0.5, 0.6) is 0 Å². The van der Waals surface area contributed by atoms with Gasteiger partial charge in [0.15, 0.2) is 0 Å². The van der Waals surface area contributed by atoms with Crippen molar-refractivity contribution in [3.05, 3.63) is 0 Å². The fourth-order valence-electron chi connectivity index (χ4n) is 2.03. The Bertz CT molecular complexity index is 184. The van der Waals surface area contributed by atoms with E-state index in [-0.39, 0.29) is 11.5 Å². The zero-order valence-electron chi connectivity index (χ0n) is 13.0. The van der Waals surface area contributed by atoms with Gasteiger partial charge in [-0.15, -0.1) is 0 Å². The molecule has 0 saturated carbocycles. The molecule has 1 N–H and O–H groups in total. The van der Waals surface area contributed by atoms with Crippen LogP contribution in [0.15, 0.2) is 0 Å². The summed E-state index contributed by atoms with van der Waals surface area (Å²) in [6.07, 6.45) is 0.674. The van der Waals surface area contributed by atoms with Gasteiger partial charge in [-0.1, -0.05) is 48.5 Å². The molecule has 104 valence electrons. The molecule has 2 nitrogen and oxygen atoms in total. The number of aliphatic hydroxyl groups is 1. The molecule has 0 aliphatic heterocycles. The summed E-state index contributed by atoms with van der Waals surface area (Å²) in [7, 11) is 0. The summed E-state index contributed by atoms with van der Waals surface area (Å²) in [5.41, 5.74) is 0.00132. The van der Waals surface area contributed by atoms with Crippen LogP contribution in [0.4, 0.5) is 0 Å². The lowest BCUT2D eigenvalue weighted by Crippen LogP contribution is -2.36. The Kier molecular flexibility index (Phi) is 7.34. The van der Waals surface area contributed by atoms with Gasteiger partial charge in [-0.2, -0.15) is 0 Å². The van der Waals surface area contributed by atoms with Gasteiger partial charge in [0.1, 0.15) is 0 Å². The maximum atomic E-state index is 10.1. The van der Waals surface area contributed by atoms with E-state index in [2.05, 4.69) is 53.4 Å². The number of hydrogen-bond acceptors (Lipinski definition) is 2. The lowest BCUT2D eigenvalue weighted by atomic mass is 9.87. The summed E-state index contributed by atoms with van der Waals surface area (Å²) >= 11 is 0. The van der Waals surface area contributed by atoms with Gasteiger partial charge in [-0.3, -0.25) is 0 Å². The molecular weight excluding hydrogens is 210 g/mol. The Morgan fingerprint density at radius 2 is 1.35 bits per heavy atom. The fraction of sp³-hybridized carbons (Fsp3) is 1.00. The molecule has 0 fully saturated rings. The first-order valence-electron chi connectivity index (χ1n) is 7.03. The van der Waals surface area contributed by atoms with Gasteiger partial charge in [0.2, 0.25) is 0 Å². The Balaban J connectivity index is 4.15. The van der Waals surface area contributed by atoms with E-state index in [1.54, 1.807) is 0 Å². The highest BCUT2D eigenvalue weighted by atomic mass is 16.3. The highest BCUT2D eigenvalue weighted by Crippen LogP contribution is 2.22. The second-order valence-corrected chi connectivity index (χ2v) is 7.22. The summed E-state index contributed by atoms with van der Waals surface area (Å²) in [6.45, 7) is 18.6. The maximum Gasteiger partial charge on any atom is 0.0600 e. The predicted octanol–water partition coefficient (Wildman–Crippen LogP) is 3.40. The van der Waals surface area contributed by atoms with E-state index in [0.29, 0.717) is 11.8 Å². The fourth-order valence-corrected chi connectivity index (χ4v) is 2.03. The van der Waals surface area contributed by atoms with E-state index in [0.717, 1.165) is 26.1 Å². The standard InChI is InChI=1S/C15H33NO/c1-12(2)10-16(11-13(3)4)9-8-14(17)15(5,6)7/h12-14,17H,8-11H2,1-7H3. The molecular formula is C15H33NO. The van der Waals surface area contributed by atoms with E-state index in [1.165, 1.54) is 0 Å². The molecule has 1 atom stereocenters. The van der Waals surface area contributed by atoms with Gasteiger partial charge in [-0.05, 0) is 23.7 Å². The van der Waals surface area contributed by atoms with Crippen molar-refractivity contribution in [2.75, 3.05) is 19.6 Å². The molecule has 0 spiro atoms. The van der Waals surface area contributed by atoms with Crippen molar-refractivity contribution in [2.24, 2.45) is 17.3 Å². The summed E-state index contributed by atoms with van der Waals surface area (Å²) in [5, 5.41) is 10.1. The van der Waals surface area contributed by atoms with E-state index < -0.39 is 0 Å². The molecule has 0 aromatic rings. The second kappa shape index (κ2) is 7.38. The minimum absolute atomic E-state index is 0.00132. The van der Waals surface area contributed by atoms with Crippen LogP contribution in [0.25, 0.3) is 0 Å². The second-order valence-electron chi connectivity index (χ2n) is 7.22. The molecule has 0 saturated heterocycles. The van der Waals surface area contributed by atoms with Crippen molar-refractivity contribution in [1.82, 2.24) is 4.90 Å². The van der Waals surface area contributed by atoms with Gasteiger partial charge in [0, 0.05) is 19.6 Å². The Labute approximate surface area is 108 Å². The van der Waals surface area contributed by atoms with Crippen LogP contribution in [-0.2, 0) is 0 Å². The average molecular weight is 243 g/mol. The van der Waals surface area contributed by atoms with Crippen LogP contribution in [0, 0.1) is 17.3 Å². The molecule has 0 bridgehead atoms. The van der Waals surface area contributed by atoms with Gasteiger partial charge >= 0.3 is 0 Å². The first-order chi connectivity index (χ1) is 7.62. The number of rotatable bonds is 7. The third-order valence-electron chi connectivity index (χ3n) is 2.97. The monoisotopic (exact) mass is 243 g/mol. The number of aliphatic hydroxyl groups excluding tert-OH is 1. The van der Waals surface area contributed by atoms with Crippen LogP contribution in [0.1, 0.15) is 54.9 Å². The van der Waals surface area contributed by atoms with Crippen molar-refractivity contribution in [1.29, 1.82) is 0 Å². The largest absolute Gasteiger partial charge is 0.393 e. The third-order valence-corrected chi connectivity index (χ3v) is 2.97. The molecule has 0 aromatic heterocycles. The summed E-state index contributed by atoms with van der Waals surface area (Å²) in [5.74, 6) is 1.39. The molecule has 17 heavy (non-hydrogen) atoms. The molecule has 1 unspecified atom stereocenters. The topological polar surface area (TPSA) is 23.5 Å². The Morgan fingerprint density at radius 1 is 0.941 bits per heavy atom. The van der Waals surface area contributed by atoms with Crippen molar-refractivity contribution >= 4 is 0 Å². The van der Waals surface area contributed by atoms with Crippen LogP contribution in [0.2, 0.25) is 0 Å². The van der Waals surface area contributed by atoms with Gasteiger partial charge in [0.25, 0.3) is 0 Å². The number of nitrogens with zero attached hydrogens (tertiary/aromatic N) is 1. The van der Waals surface area contributed by atoms with Crippen LogP contribution >= 0.6 is 0 Å². The summed E-state index contributed by atoms with van der Waals surface area (Å²) in [4.78, 5) is 2.49. The minimum atomic E-state index is -0.204. The van der Waals surface area contributed by atoms with Crippen LogP contribution in [-0.4, -0.2) is 35.7 Å². The first kappa shape index (κ1) is 16.9. The summed E-state index contributed by atoms with van der Waals surface area (Å²) < 4.78 is 0. The first-order valence-corrected chi connectivity index (χ1v) is 7.03. The normalized spacial score (nSPS) is 15.0. The number of hydrogen-bond donors (Lipinski definition) is 1. The smallest absolute Gasteiger partial charge is 0.0600 e. The summed E-state index contributed by atoms with van der Waals surface area (Å²) in [6, 6.07) is 0. The maximum absolute atomic E-state index is 10.1. The quantitative estimate of drug-likeness (QED) is 0.741. The lowest BCUT2D eigenvalue weighted by Gasteiger charge is -2.30. The Morgan fingerprint density at radius 3 is 1.65 bits per heavy atom. The lowest BCUT2D eigenvalue weighted by molar-refractivity contribution is 0.0431. The predicted molar refractivity (Wildman–Crippen MR) is 76.2 cm³/mol. The molecule has 0 aliphatic carbocycles. The van der Waals surface area contributed by atoms with Gasteiger partial charge in [0.05, 0.1) is 6.10 Å². The van der Waals surface area contributed by atoms with Crippen molar-refractivity contribution in [3.8, 4) is 0 Å².